The lowest BCUT2D eigenvalue weighted by Crippen LogP contribution is -2.15. The van der Waals surface area contributed by atoms with E-state index in [1.165, 1.54) is 89.0 Å². The largest absolute Gasteiger partial charge is 0.308 e. The normalized spacial score (nSPS) is 15.5. The van der Waals surface area contributed by atoms with Gasteiger partial charge in [0, 0.05) is 43.2 Å². The van der Waals surface area contributed by atoms with E-state index in [0.29, 0.717) is 22.5 Å². The molecule has 4 heteroatoms. The molecule has 4 aliphatic rings. The van der Waals surface area contributed by atoms with Gasteiger partial charge in [0.25, 0.3) is 0 Å². The summed E-state index contributed by atoms with van der Waals surface area (Å²) in [5.74, 6) is 0. The SMILES string of the molecule is CC1(C)c2ccccc2-c2ccc(-c3ccc4c(c3)c3cc5c(cc3n4-c3cc(C#N)c(-n4c6ccc(-c7ccc8c(c7)C(C)(C)c7ccccc7-8)cc6c6cc7c(cc64)C(C)(C)c4ccccc4-7)cc3C#N)C(C)(C)c3ccccc3-5)cc21. The molecule has 0 spiro atoms. The van der Waals surface area contributed by atoms with E-state index in [4.69, 9.17) is 0 Å². The Balaban J connectivity index is 0.886. The van der Waals surface area contributed by atoms with Gasteiger partial charge in [-0.05, 0) is 184 Å². The third kappa shape index (κ3) is 6.20. The number of hydrogen-bond donors (Lipinski definition) is 0. The van der Waals surface area contributed by atoms with Gasteiger partial charge in [0.2, 0.25) is 0 Å². The molecule has 0 aliphatic heterocycles. The highest BCUT2D eigenvalue weighted by Crippen LogP contribution is 2.56. The average Bonchev–Trinajstić information content (AvgIpc) is 1.66. The Hall–Kier alpha value is -10.0. The molecule has 0 atom stereocenters. The number of hydrogen-bond acceptors (Lipinski definition) is 2. The molecule has 84 heavy (non-hydrogen) atoms. The lowest BCUT2D eigenvalue weighted by atomic mass is 9.81. The van der Waals surface area contributed by atoms with Gasteiger partial charge in [0.15, 0.2) is 0 Å². The Morgan fingerprint density at radius 3 is 0.905 bits per heavy atom. The van der Waals surface area contributed by atoms with E-state index in [1.807, 2.05) is 12.1 Å². The first kappa shape index (κ1) is 48.7. The van der Waals surface area contributed by atoms with Gasteiger partial charge < -0.3 is 9.13 Å². The fourth-order valence-corrected chi connectivity index (χ4v) is 16.2. The molecule has 0 amide bonds. The van der Waals surface area contributed by atoms with Crippen molar-refractivity contribution in [1.29, 1.82) is 10.5 Å². The summed E-state index contributed by atoms with van der Waals surface area (Å²) in [6, 6.07) is 81.7. The molecule has 398 valence electrons. The van der Waals surface area contributed by atoms with Gasteiger partial charge in [-0.3, -0.25) is 0 Å². The summed E-state index contributed by atoms with van der Waals surface area (Å²) in [6.07, 6.45) is 0. The first-order valence-corrected chi connectivity index (χ1v) is 29.5. The molecular weight excluding hydrogens is 1020 g/mol. The molecule has 2 aromatic heterocycles. The summed E-state index contributed by atoms with van der Waals surface area (Å²) in [7, 11) is 0. The monoisotopic (exact) mass is 1070 g/mol. The van der Waals surface area contributed by atoms with Crippen molar-refractivity contribution in [2.24, 2.45) is 0 Å². The Bertz CT molecular complexity index is 4950. The van der Waals surface area contributed by atoms with E-state index in [1.54, 1.807) is 0 Å². The molecule has 17 rings (SSSR count). The number of benzene rings is 11. The van der Waals surface area contributed by atoms with E-state index >= 15 is 0 Å². The van der Waals surface area contributed by atoms with Crippen molar-refractivity contribution < 1.29 is 0 Å². The third-order valence-corrected chi connectivity index (χ3v) is 20.6. The van der Waals surface area contributed by atoms with E-state index in [0.717, 1.165) is 65.9 Å². The van der Waals surface area contributed by atoms with Gasteiger partial charge >= 0.3 is 0 Å². The number of fused-ring (bicyclic) bond motifs is 18. The van der Waals surface area contributed by atoms with E-state index in [9.17, 15) is 10.5 Å². The molecular formula is C80H58N4. The molecule has 4 aliphatic carbocycles. The first-order valence-electron chi connectivity index (χ1n) is 29.5. The summed E-state index contributed by atoms with van der Waals surface area (Å²) in [5.41, 5.74) is 30.7. The minimum absolute atomic E-state index is 0.139. The fraction of sp³-hybridized carbons (Fsp3) is 0.150. The molecule has 0 fully saturated rings. The van der Waals surface area contributed by atoms with Gasteiger partial charge in [-0.15, -0.1) is 0 Å². The van der Waals surface area contributed by atoms with Gasteiger partial charge in [0.05, 0.1) is 44.6 Å². The van der Waals surface area contributed by atoms with Crippen LogP contribution in [0, 0.1) is 22.7 Å². The van der Waals surface area contributed by atoms with Gasteiger partial charge in [-0.25, -0.2) is 0 Å². The number of rotatable bonds is 4. The second-order valence-electron chi connectivity index (χ2n) is 26.3. The minimum Gasteiger partial charge on any atom is -0.308 e. The zero-order valence-corrected chi connectivity index (χ0v) is 48.4. The maximum absolute atomic E-state index is 11.7. The van der Waals surface area contributed by atoms with Crippen molar-refractivity contribution in [2.45, 2.75) is 77.0 Å². The smallest absolute Gasteiger partial charge is 0.101 e. The van der Waals surface area contributed by atoms with Crippen LogP contribution >= 0.6 is 0 Å². The van der Waals surface area contributed by atoms with Crippen molar-refractivity contribution in [3.05, 3.63) is 262 Å². The van der Waals surface area contributed by atoms with Crippen molar-refractivity contribution in [3.63, 3.8) is 0 Å². The first-order chi connectivity index (χ1) is 40.6. The topological polar surface area (TPSA) is 57.4 Å². The predicted molar refractivity (Wildman–Crippen MR) is 346 cm³/mol. The molecule has 0 saturated carbocycles. The zero-order valence-electron chi connectivity index (χ0n) is 48.4. The quantitative estimate of drug-likeness (QED) is 0.176. The van der Waals surface area contributed by atoms with Crippen LogP contribution in [-0.2, 0) is 21.7 Å². The van der Waals surface area contributed by atoms with Crippen LogP contribution in [0.1, 0.15) is 111 Å². The van der Waals surface area contributed by atoms with Gasteiger partial charge in [0.1, 0.15) is 12.1 Å². The zero-order chi connectivity index (χ0) is 57.1. The summed E-state index contributed by atoms with van der Waals surface area (Å²) in [6.45, 7) is 18.6. The lowest BCUT2D eigenvalue weighted by Gasteiger charge is -2.22. The number of aromatic nitrogens is 2. The van der Waals surface area contributed by atoms with Crippen LogP contribution in [0.5, 0.6) is 0 Å². The fourth-order valence-electron chi connectivity index (χ4n) is 16.2. The third-order valence-electron chi connectivity index (χ3n) is 20.6. The molecule has 4 nitrogen and oxygen atoms in total. The number of nitriles is 2. The minimum atomic E-state index is -0.267. The second-order valence-corrected chi connectivity index (χ2v) is 26.3. The summed E-state index contributed by atoms with van der Waals surface area (Å²) >= 11 is 0. The standard InChI is InChI=1S/C80H58N4/c1-77(2)63-21-13-9-17-51(63)55-29-25-47(35-67(55)77)45-27-31-71-59(33-45)61-39-57-53-19-11-15-23-65(53)79(5,6)69(57)41-75(61)83(71)73-37-50(44-82)74(38-49(73)43-81)84-72-32-28-46(48-26-30-56-52-18-10-14-22-64(52)78(3,4)68(56)36-48)34-60(72)62-40-58-54-20-12-16-24-66(54)80(7,8)70(58)42-76(62)84/h9-42H,1-8H3. The molecule has 0 saturated heterocycles. The van der Waals surface area contributed by atoms with Crippen molar-refractivity contribution >= 4 is 43.6 Å². The highest BCUT2D eigenvalue weighted by Gasteiger charge is 2.40. The van der Waals surface area contributed by atoms with Crippen LogP contribution in [-0.4, -0.2) is 9.13 Å². The molecule has 0 N–H and O–H groups in total. The average molecular weight is 1080 g/mol. The summed E-state index contributed by atoms with van der Waals surface area (Å²) < 4.78 is 4.53. The predicted octanol–water partition coefficient (Wildman–Crippen LogP) is 20.2. The van der Waals surface area contributed by atoms with E-state index in [-0.39, 0.29) is 21.7 Å². The molecule has 13 aromatic rings. The van der Waals surface area contributed by atoms with Crippen LogP contribution in [0.3, 0.4) is 0 Å². The van der Waals surface area contributed by atoms with Crippen LogP contribution in [0.4, 0.5) is 0 Å². The van der Waals surface area contributed by atoms with Crippen LogP contribution in [0.25, 0.3) is 122 Å². The molecule has 0 bridgehead atoms. The molecule has 11 aromatic carbocycles. The van der Waals surface area contributed by atoms with Gasteiger partial charge in [-0.2, -0.15) is 10.5 Å². The maximum atomic E-state index is 11.7. The van der Waals surface area contributed by atoms with E-state index in [2.05, 4.69) is 271 Å². The van der Waals surface area contributed by atoms with Crippen LogP contribution < -0.4 is 0 Å². The summed E-state index contributed by atoms with van der Waals surface area (Å²) in [4.78, 5) is 0. The van der Waals surface area contributed by atoms with Crippen LogP contribution in [0.15, 0.2) is 206 Å². The molecule has 2 heterocycles. The Morgan fingerprint density at radius 1 is 0.262 bits per heavy atom. The van der Waals surface area contributed by atoms with Crippen molar-refractivity contribution in [3.8, 4) is 90.3 Å². The molecule has 0 radical (unpaired) electrons. The number of nitrogens with zero attached hydrogens (tertiary/aromatic N) is 4. The second kappa shape index (κ2) is 16.4. The highest BCUT2D eigenvalue weighted by atomic mass is 15.0. The summed E-state index contributed by atoms with van der Waals surface area (Å²) in [5, 5.41) is 27.7. The lowest BCUT2D eigenvalue weighted by molar-refractivity contribution is 0.660. The van der Waals surface area contributed by atoms with Crippen molar-refractivity contribution in [1.82, 2.24) is 9.13 Å². The van der Waals surface area contributed by atoms with Gasteiger partial charge in [-0.1, -0.05) is 189 Å². The van der Waals surface area contributed by atoms with E-state index < -0.39 is 0 Å². The Labute approximate surface area is 489 Å². The Kier molecular flexibility index (Phi) is 9.49. The highest BCUT2D eigenvalue weighted by molar-refractivity contribution is 6.15. The van der Waals surface area contributed by atoms with Crippen LogP contribution in [0.2, 0.25) is 0 Å². The Morgan fingerprint density at radius 2 is 0.548 bits per heavy atom. The maximum Gasteiger partial charge on any atom is 0.101 e. The molecule has 0 unspecified atom stereocenters. The van der Waals surface area contributed by atoms with Crippen molar-refractivity contribution in [2.75, 3.05) is 0 Å².